The van der Waals surface area contributed by atoms with Gasteiger partial charge in [0.25, 0.3) is 0 Å². The van der Waals surface area contributed by atoms with Crippen LogP contribution in [0.15, 0.2) is 10.5 Å². The Morgan fingerprint density at radius 1 is 1.59 bits per heavy atom. The molecule has 0 saturated heterocycles. The fourth-order valence-electron chi connectivity index (χ4n) is 2.22. The summed E-state index contributed by atoms with van der Waals surface area (Å²) >= 11 is 11.3. The predicted octanol–water partition coefficient (Wildman–Crippen LogP) is 5.39. The van der Waals surface area contributed by atoms with E-state index in [9.17, 15) is 0 Å². The van der Waals surface area contributed by atoms with Gasteiger partial charge in [-0.1, -0.05) is 37.8 Å². The third-order valence-electron chi connectivity index (χ3n) is 3.44. The van der Waals surface area contributed by atoms with Crippen molar-refractivity contribution in [2.24, 2.45) is 5.92 Å². The van der Waals surface area contributed by atoms with E-state index in [1.165, 1.54) is 37.0 Å². The van der Waals surface area contributed by atoms with E-state index in [1.54, 1.807) is 11.3 Å². The predicted molar refractivity (Wildman–Crippen MR) is 80.0 cm³/mol. The van der Waals surface area contributed by atoms with E-state index in [0.29, 0.717) is 6.04 Å². The first-order valence-corrected chi connectivity index (χ1v) is 8.37. The largest absolute Gasteiger partial charge is 0.309 e. The van der Waals surface area contributed by atoms with Gasteiger partial charge in [0.1, 0.15) is 4.34 Å². The minimum atomic E-state index is 0.494. The highest BCUT2D eigenvalue weighted by Gasteiger charge is 2.24. The van der Waals surface area contributed by atoms with E-state index < -0.39 is 0 Å². The lowest BCUT2D eigenvalue weighted by Gasteiger charge is -2.29. The van der Waals surface area contributed by atoms with Gasteiger partial charge in [0, 0.05) is 15.4 Å². The van der Waals surface area contributed by atoms with Crippen molar-refractivity contribution in [3.63, 3.8) is 0 Å². The molecule has 0 aliphatic heterocycles. The number of hydrogen-bond donors (Lipinski definition) is 1. The molecule has 1 atom stereocenters. The summed E-state index contributed by atoms with van der Waals surface area (Å²) in [5.41, 5.74) is 0. The van der Waals surface area contributed by atoms with E-state index in [1.807, 2.05) is 0 Å². The number of thiophene rings is 1. The summed E-state index contributed by atoms with van der Waals surface area (Å²) in [7, 11) is 0. The summed E-state index contributed by atoms with van der Waals surface area (Å²) < 4.78 is 1.91. The molecule has 0 bridgehead atoms. The van der Waals surface area contributed by atoms with Crippen molar-refractivity contribution in [2.75, 3.05) is 6.54 Å². The average molecular weight is 337 g/mol. The first kappa shape index (κ1) is 13.9. The lowest BCUT2D eigenvalue weighted by atomic mass is 9.80. The molecule has 1 aromatic heterocycles. The molecule has 4 heteroatoms. The van der Waals surface area contributed by atoms with Gasteiger partial charge in [-0.25, -0.2) is 0 Å². The first-order valence-electron chi connectivity index (χ1n) is 6.38. The molecule has 1 aromatic rings. The van der Waals surface area contributed by atoms with Crippen LogP contribution in [0.1, 0.15) is 49.9 Å². The summed E-state index contributed by atoms with van der Waals surface area (Å²) in [6.07, 6.45) is 6.68. The van der Waals surface area contributed by atoms with Gasteiger partial charge >= 0.3 is 0 Å². The molecule has 0 amide bonds. The van der Waals surface area contributed by atoms with Gasteiger partial charge in [-0.3, -0.25) is 0 Å². The maximum absolute atomic E-state index is 6.14. The maximum atomic E-state index is 6.14. The minimum Gasteiger partial charge on any atom is -0.309 e. The van der Waals surface area contributed by atoms with Crippen molar-refractivity contribution < 1.29 is 0 Å². The Hall–Kier alpha value is 0.430. The smallest absolute Gasteiger partial charge is 0.107 e. The fraction of sp³-hybridized carbons (Fsp3) is 0.692. The van der Waals surface area contributed by atoms with Crippen LogP contribution in [0.2, 0.25) is 4.34 Å². The molecule has 1 saturated carbocycles. The van der Waals surface area contributed by atoms with E-state index in [2.05, 4.69) is 34.2 Å². The molecular formula is C13H19BrClNS. The summed E-state index contributed by atoms with van der Waals surface area (Å²) in [6, 6.07) is 2.67. The Kier molecular flexibility index (Phi) is 5.34. The van der Waals surface area contributed by atoms with Crippen LogP contribution in [-0.4, -0.2) is 6.54 Å². The molecule has 1 fully saturated rings. The highest BCUT2D eigenvalue weighted by Crippen LogP contribution is 2.40. The molecule has 0 aromatic carbocycles. The summed E-state index contributed by atoms with van der Waals surface area (Å²) in [6.45, 7) is 3.30. The van der Waals surface area contributed by atoms with E-state index in [-0.39, 0.29) is 0 Å². The molecule has 1 N–H and O–H groups in total. The topological polar surface area (TPSA) is 12.0 Å². The molecule has 1 heterocycles. The van der Waals surface area contributed by atoms with Gasteiger partial charge < -0.3 is 5.32 Å². The van der Waals surface area contributed by atoms with Crippen molar-refractivity contribution in [3.8, 4) is 0 Å². The molecule has 0 radical (unpaired) electrons. The standard InChI is InChI=1S/C13H19BrClNS/c1-2-6-16-11(7-9-4-3-5-9)12-8-10(14)13(15)17-12/h8-9,11,16H,2-7H2,1H3. The van der Waals surface area contributed by atoms with E-state index in [0.717, 1.165) is 21.3 Å². The van der Waals surface area contributed by atoms with Crippen molar-refractivity contribution in [1.82, 2.24) is 5.32 Å². The molecule has 1 nitrogen and oxygen atoms in total. The Balaban J connectivity index is 2.02. The third kappa shape index (κ3) is 3.69. The van der Waals surface area contributed by atoms with Gasteiger partial charge in [0.2, 0.25) is 0 Å². The van der Waals surface area contributed by atoms with Crippen LogP contribution in [0, 0.1) is 5.92 Å². The van der Waals surface area contributed by atoms with Crippen LogP contribution >= 0.6 is 38.9 Å². The lowest BCUT2D eigenvalue weighted by Crippen LogP contribution is -2.26. The van der Waals surface area contributed by atoms with Crippen LogP contribution in [-0.2, 0) is 0 Å². The second-order valence-corrected chi connectivity index (χ2v) is 7.35. The molecule has 1 aliphatic carbocycles. The zero-order valence-corrected chi connectivity index (χ0v) is 13.3. The number of nitrogens with one attached hydrogen (secondary N) is 1. The van der Waals surface area contributed by atoms with Crippen LogP contribution in [0.3, 0.4) is 0 Å². The Bertz CT molecular complexity index is 343. The number of hydrogen-bond acceptors (Lipinski definition) is 2. The van der Waals surface area contributed by atoms with Gasteiger partial charge in [0.05, 0.1) is 0 Å². The summed E-state index contributed by atoms with van der Waals surface area (Å²) in [5.74, 6) is 0.920. The second-order valence-electron chi connectivity index (χ2n) is 4.81. The Morgan fingerprint density at radius 3 is 2.82 bits per heavy atom. The molecule has 17 heavy (non-hydrogen) atoms. The second kappa shape index (κ2) is 6.55. The highest BCUT2D eigenvalue weighted by atomic mass is 79.9. The molecule has 96 valence electrons. The lowest BCUT2D eigenvalue weighted by molar-refractivity contribution is 0.262. The van der Waals surface area contributed by atoms with Gasteiger partial charge in [0.15, 0.2) is 0 Å². The molecule has 0 spiro atoms. The highest BCUT2D eigenvalue weighted by molar-refractivity contribution is 9.10. The molecule has 2 rings (SSSR count). The van der Waals surface area contributed by atoms with Gasteiger partial charge in [-0.2, -0.15) is 0 Å². The van der Waals surface area contributed by atoms with Gasteiger partial charge in [-0.05, 0) is 47.3 Å². The van der Waals surface area contributed by atoms with Crippen molar-refractivity contribution >= 4 is 38.9 Å². The van der Waals surface area contributed by atoms with E-state index >= 15 is 0 Å². The van der Waals surface area contributed by atoms with Gasteiger partial charge in [-0.15, -0.1) is 11.3 Å². The van der Waals surface area contributed by atoms with Crippen LogP contribution < -0.4 is 5.32 Å². The summed E-state index contributed by atoms with van der Waals surface area (Å²) in [4.78, 5) is 1.38. The summed E-state index contributed by atoms with van der Waals surface area (Å²) in [5, 5.41) is 3.66. The normalized spacial score (nSPS) is 18.1. The number of halogens is 2. The molecule has 1 aliphatic rings. The van der Waals surface area contributed by atoms with Crippen molar-refractivity contribution in [2.45, 2.75) is 45.1 Å². The quantitative estimate of drug-likeness (QED) is 0.734. The van der Waals surface area contributed by atoms with Crippen molar-refractivity contribution in [1.29, 1.82) is 0 Å². The molecular weight excluding hydrogens is 318 g/mol. The van der Waals surface area contributed by atoms with Crippen LogP contribution in [0.4, 0.5) is 0 Å². The minimum absolute atomic E-state index is 0.494. The Labute approximate surface area is 121 Å². The van der Waals surface area contributed by atoms with Crippen LogP contribution in [0.25, 0.3) is 0 Å². The zero-order valence-electron chi connectivity index (χ0n) is 10.1. The third-order valence-corrected chi connectivity index (χ3v) is 6.03. The monoisotopic (exact) mass is 335 g/mol. The molecule has 1 unspecified atom stereocenters. The zero-order chi connectivity index (χ0) is 12.3. The Morgan fingerprint density at radius 2 is 2.35 bits per heavy atom. The maximum Gasteiger partial charge on any atom is 0.107 e. The average Bonchev–Trinajstić information content (AvgIpc) is 2.57. The number of rotatable bonds is 6. The van der Waals surface area contributed by atoms with Crippen LogP contribution in [0.5, 0.6) is 0 Å². The first-order chi connectivity index (χ1) is 8.20. The van der Waals surface area contributed by atoms with Crippen molar-refractivity contribution in [3.05, 3.63) is 19.8 Å². The SMILES string of the molecule is CCCNC(CC1CCC1)c1cc(Br)c(Cl)s1. The van der Waals surface area contributed by atoms with E-state index in [4.69, 9.17) is 11.6 Å². The fourth-order valence-corrected chi connectivity index (χ4v) is 4.04.